The average molecular weight is 821 g/mol. The third kappa shape index (κ3) is 5.71. The van der Waals surface area contributed by atoms with Crippen LogP contribution < -0.4 is 4.90 Å². The van der Waals surface area contributed by atoms with Crippen LogP contribution in [0.1, 0.15) is 0 Å². The first-order valence-corrected chi connectivity index (χ1v) is 22.1. The lowest BCUT2D eigenvalue weighted by Crippen LogP contribution is -2.14. The van der Waals surface area contributed by atoms with E-state index < -0.39 is 0 Å². The van der Waals surface area contributed by atoms with E-state index in [0.29, 0.717) is 5.82 Å². The molecule has 0 amide bonds. The summed E-state index contributed by atoms with van der Waals surface area (Å²) in [6.45, 7) is 0. The van der Waals surface area contributed by atoms with Crippen LogP contribution in [-0.2, 0) is 0 Å². The van der Waals surface area contributed by atoms with Crippen LogP contribution in [-0.4, -0.2) is 14.5 Å². The predicted octanol–water partition coefficient (Wildman–Crippen LogP) is 16.0. The SMILES string of the molecule is c1ccc(-c2nc(-c3cccc(-n4c5cccc(-c6ccc7c(c6)N(c6ccccc6)c6ccccc6S7)c5c5c6ccccc6ccc54)c3)nc3c2ccc2ccccc23)cc1. The van der Waals surface area contributed by atoms with Crippen LogP contribution in [0.25, 0.3) is 93.7 Å². The molecule has 0 atom stereocenters. The van der Waals surface area contributed by atoms with E-state index in [2.05, 4.69) is 228 Å². The van der Waals surface area contributed by atoms with E-state index in [9.17, 15) is 0 Å². The molecule has 0 fully saturated rings. The summed E-state index contributed by atoms with van der Waals surface area (Å²) >= 11 is 1.84. The minimum Gasteiger partial charge on any atom is -0.309 e. The molecule has 13 rings (SSSR count). The Bertz CT molecular complexity index is 3780. The number of benzene rings is 10. The molecule has 0 radical (unpaired) electrons. The first-order valence-electron chi connectivity index (χ1n) is 21.3. The van der Waals surface area contributed by atoms with Gasteiger partial charge in [0.2, 0.25) is 0 Å². The van der Waals surface area contributed by atoms with Gasteiger partial charge in [-0.15, -0.1) is 0 Å². The fraction of sp³-hybridized carbons (Fsp3) is 0. The lowest BCUT2D eigenvalue weighted by molar-refractivity contribution is 1.17. The first-order chi connectivity index (χ1) is 31.2. The van der Waals surface area contributed by atoms with Crippen molar-refractivity contribution in [3.8, 4) is 39.5 Å². The van der Waals surface area contributed by atoms with Gasteiger partial charge in [0.25, 0.3) is 0 Å². The fourth-order valence-electron chi connectivity index (χ4n) is 9.72. The van der Waals surface area contributed by atoms with E-state index in [1.54, 1.807) is 0 Å². The Kier molecular flexibility index (Phi) is 8.11. The third-order valence-corrected chi connectivity index (χ3v) is 13.7. The highest BCUT2D eigenvalue weighted by molar-refractivity contribution is 7.99. The van der Waals surface area contributed by atoms with Crippen LogP contribution in [0.3, 0.4) is 0 Å². The Labute approximate surface area is 368 Å². The summed E-state index contributed by atoms with van der Waals surface area (Å²) in [5, 5.41) is 8.22. The fourth-order valence-corrected chi connectivity index (χ4v) is 10.8. The van der Waals surface area contributed by atoms with Crippen molar-refractivity contribution in [3.63, 3.8) is 0 Å². The Morgan fingerprint density at radius 3 is 1.92 bits per heavy atom. The molecule has 0 aliphatic carbocycles. The highest BCUT2D eigenvalue weighted by Gasteiger charge is 2.26. The maximum Gasteiger partial charge on any atom is 0.160 e. The van der Waals surface area contributed by atoms with E-state index in [1.165, 1.54) is 53.8 Å². The molecule has 1 aliphatic heterocycles. The highest BCUT2D eigenvalue weighted by Crippen LogP contribution is 2.53. The summed E-state index contributed by atoms with van der Waals surface area (Å²) in [7, 11) is 0. The van der Waals surface area contributed by atoms with Crippen molar-refractivity contribution in [3.05, 3.63) is 218 Å². The Morgan fingerprint density at radius 2 is 1.05 bits per heavy atom. The summed E-state index contributed by atoms with van der Waals surface area (Å²) in [6.07, 6.45) is 0. The van der Waals surface area contributed by atoms with Crippen molar-refractivity contribution < 1.29 is 0 Å². The lowest BCUT2D eigenvalue weighted by Gasteiger charge is -2.33. The Morgan fingerprint density at radius 1 is 0.381 bits per heavy atom. The number of rotatable bonds is 5. The van der Waals surface area contributed by atoms with Gasteiger partial charge in [0.15, 0.2) is 5.82 Å². The summed E-state index contributed by atoms with van der Waals surface area (Å²) in [5.74, 6) is 0.697. The van der Waals surface area contributed by atoms with Crippen molar-refractivity contribution >= 4 is 83.1 Å². The standard InChI is InChI=1S/C58H36N4S/c1-3-17-39(18-4-1)56-47-32-29-38-16-8-10-24-46(38)57(47)60-58(59-56)41-19-13-22-43(35-41)62-49-27-14-25-45(55(49)54-44-23-9-7-15-37(44)30-33-50(54)62)40-31-34-53-51(36-40)61(42-20-5-2-6-21-42)48-26-11-12-28-52(48)63-53/h1-36H. The first kappa shape index (κ1) is 35.7. The van der Waals surface area contributed by atoms with Gasteiger partial charge in [-0.2, -0.15) is 0 Å². The number of fused-ring (bicyclic) bond motifs is 10. The molecule has 4 nitrogen and oxygen atoms in total. The summed E-state index contributed by atoms with van der Waals surface area (Å²) in [4.78, 5) is 15.6. The lowest BCUT2D eigenvalue weighted by atomic mass is 9.96. The van der Waals surface area contributed by atoms with E-state index >= 15 is 0 Å². The van der Waals surface area contributed by atoms with Crippen LogP contribution >= 0.6 is 11.8 Å². The molecular formula is C58H36N4S. The zero-order valence-electron chi connectivity index (χ0n) is 34.0. The van der Waals surface area contributed by atoms with Gasteiger partial charge < -0.3 is 9.47 Å². The van der Waals surface area contributed by atoms with Crippen molar-refractivity contribution in [2.24, 2.45) is 0 Å². The van der Waals surface area contributed by atoms with Gasteiger partial charge >= 0.3 is 0 Å². The van der Waals surface area contributed by atoms with Crippen molar-refractivity contribution in [2.45, 2.75) is 9.79 Å². The molecular weight excluding hydrogens is 785 g/mol. The molecule has 5 heteroatoms. The van der Waals surface area contributed by atoms with Gasteiger partial charge in [-0.1, -0.05) is 163 Å². The van der Waals surface area contributed by atoms with Gasteiger partial charge in [-0.3, -0.25) is 0 Å². The van der Waals surface area contributed by atoms with Crippen molar-refractivity contribution in [1.29, 1.82) is 0 Å². The summed E-state index contributed by atoms with van der Waals surface area (Å²) in [6, 6.07) is 78.6. The number of hydrogen-bond acceptors (Lipinski definition) is 4. The quantitative estimate of drug-likeness (QED) is 0.162. The molecule has 0 bridgehead atoms. The molecule has 294 valence electrons. The third-order valence-electron chi connectivity index (χ3n) is 12.5. The highest BCUT2D eigenvalue weighted by atomic mass is 32.2. The molecule has 0 spiro atoms. The van der Waals surface area contributed by atoms with Crippen molar-refractivity contribution in [1.82, 2.24) is 14.5 Å². The number of anilines is 3. The second-order valence-corrected chi connectivity index (χ2v) is 17.2. The normalized spacial score (nSPS) is 12.3. The summed E-state index contributed by atoms with van der Waals surface area (Å²) < 4.78 is 2.43. The van der Waals surface area contributed by atoms with Crippen LogP contribution in [0.15, 0.2) is 228 Å². The molecule has 3 heterocycles. The largest absolute Gasteiger partial charge is 0.309 e. The van der Waals surface area contributed by atoms with Crippen LogP contribution in [0.2, 0.25) is 0 Å². The number of aromatic nitrogens is 3. The molecule has 0 saturated heterocycles. The molecule has 0 N–H and O–H groups in total. The molecule has 12 aromatic rings. The van der Waals surface area contributed by atoms with Gasteiger partial charge in [0.1, 0.15) is 0 Å². The minimum atomic E-state index is 0.697. The molecule has 10 aromatic carbocycles. The number of para-hydroxylation sites is 2. The topological polar surface area (TPSA) is 34.0 Å². The monoisotopic (exact) mass is 820 g/mol. The average Bonchev–Trinajstić information content (AvgIpc) is 3.71. The van der Waals surface area contributed by atoms with Gasteiger partial charge in [0.05, 0.1) is 33.6 Å². The molecule has 63 heavy (non-hydrogen) atoms. The van der Waals surface area contributed by atoms with Gasteiger partial charge in [0, 0.05) is 53.8 Å². The van der Waals surface area contributed by atoms with E-state index in [0.717, 1.165) is 60.9 Å². The second-order valence-electron chi connectivity index (χ2n) is 16.1. The second kappa shape index (κ2) is 14.3. The zero-order chi connectivity index (χ0) is 41.4. The van der Waals surface area contributed by atoms with Crippen LogP contribution in [0, 0.1) is 0 Å². The van der Waals surface area contributed by atoms with E-state index in [-0.39, 0.29) is 0 Å². The maximum absolute atomic E-state index is 5.35. The van der Waals surface area contributed by atoms with Gasteiger partial charge in [-0.05, 0) is 94.0 Å². The maximum atomic E-state index is 5.35. The molecule has 0 saturated carbocycles. The molecule has 1 aliphatic rings. The Hall–Kier alpha value is -7.99. The van der Waals surface area contributed by atoms with Crippen LogP contribution in [0.5, 0.6) is 0 Å². The van der Waals surface area contributed by atoms with E-state index in [4.69, 9.17) is 9.97 Å². The predicted molar refractivity (Wildman–Crippen MR) is 264 cm³/mol. The van der Waals surface area contributed by atoms with Crippen molar-refractivity contribution in [2.75, 3.05) is 4.90 Å². The minimum absolute atomic E-state index is 0.697. The zero-order valence-corrected chi connectivity index (χ0v) is 34.8. The molecule has 2 aromatic heterocycles. The number of nitrogens with zero attached hydrogens (tertiary/aromatic N) is 4. The summed E-state index contributed by atoms with van der Waals surface area (Å²) in [5.41, 5.74) is 13.1. The van der Waals surface area contributed by atoms with E-state index in [1.807, 2.05) is 11.8 Å². The smallest absolute Gasteiger partial charge is 0.160 e. The number of hydrogen-bond donors (Lipinski definition) is 0. The van der Waals surface area contributed by atoms with Crippen LogP contribution in [0.4, 0.5) is 17.1 Å². The Balaban J connectivity index is 1.04. The molecule has 0 unspecified atom stereocenters. The van der Waals surface area contributed by atoms with Gasteiger partial charge in [-0.25, -0.2) is 9.97 Å².